The molecule has 1 aliphatic heterocycles. The molecule has 0 aliphatic carbocycles. The summed E-state index contributed by atoms with van der Waals surface area (Å²) in [5.74, 6) is 0. The molecule has 1 aliphatic rings. The summed E-state index contributed by atoms with van der Waals surface area (Å²) in [6.07, 6.45) is 0.117. The Kier molecular flexibility index (Phi) is 2.38. The molecule has 16 heavy (non-hydrogen) atoms. The van der Waals surface area contributed by atoms with Crippen LogP contribution in [0.4, 0.5) is 0 Å². The molecule has 1 atom stereocenters. The number of aromatic nitrogens is 2. The maximum absolute atomic E-state index is 5.79. The van der Waals surface area contributed by atoms with Crippen LogP contribution in [0, 0.1) is 0 Å². The third-order valence-corrected chi connectivity index (χ3v) is 3.02. The van der Waals surface area contributed by atoms with E-state index in [2.05, 4.69) is 16.5 Å². The molecule has 0 spiro atoms. The van der Waals surface area contributed by atoms with Gasteiger partial charge in [0.15, 0.2) is 0 Å². The summed E-state index contributed by atoms with van der Waals surface area (Å²) in [5.41, 5.74) is 2.21. The van der Waals surface area contributed by atoms with Crippen molar-refractivity contribution in [2.24, 2.45) is 7.05 Å². The van der Waals surface area contributed by atoms with Crippen molar-refractivity contribution in [2.75, 3.05) is 19.7 Å². The molecule has 4 heteroatoms. The zero-order valence-electron chi connectivity index (χ0n) is 9.31. The van der Waals surface area contributed by atoms with E-state index >= 15 is 0 Å². The molecule has 1 N–H and O–H groups in total. The predicted octanol–water partition coefficient (Wildman–Crippen LogP) is 1.23. The number of hydrogen-bond acceptors (Lipinski definition) is 3. The van der Waals surface area contributed by atoms with E-state index in [1.165, 1.54) is 11.1 Å². The van der Waals surface area contributed by atoms with Gasteiger partial charge in [-0.15, -0.1) is 0 Å². The maximum Gasteiger partial charge on any atom is 0.112 e. The van der Waals surface area contributed by atoms with Crippen LogP contribution in [-0.4, -0.2) is 29.5 Å². The third kappa shape index (κ3) is 1.50. The molecule has 2 heterocycles. The van der Waals surface area contributed by atoms with E-state index in [-0.39, 0.29) is 6.10 Å². The van der Waals surface area contributed by atoms with E-state index in [0.29, 0.717) is 0 Å². The number of nitrogens with one attached hydrogen (secondary N) is 1. The fourth-order valence-electron chi connectivity index (χ4n) is 2.29. The van der Waals surface area contributed by atoms with Gasteiger partial charge < -0.3 is 10.1 Å². The Morgan fingerprint density at radius 2 is 2.31 bits per heavy atom. The number of hydrogen-bond donors (Lipinski definition) is 1. The SMILES string of the molecule is Cn1nc2ccccc2c1C1CNCCO1. The van der Waals surface area contributed by atoms with Crippen molar-refractivity contribution in [3.8, 4) is 0 Å². The summed E-state index contributed by atoms with van der Waals surface area (Å²) in [6.45, 7) is 2.57. The van der Waals surface area contributed by atoms with E-state index in [4.69, 9.17) is 4.74 Å². The predicted molar refractivity (Wildman–Crippen MR) is 62.3 cm³/mol. The minimum absolute atomic E-state index is 0.117. The lowest BCUT2D eigenvalue weighted by molar-refractivity contribution is 0.0236. The number of rotatable bonds is 1. The van der Waals surface area contributed by atoms with Crippen molar-refractivity contribution < 1.29 is 4.74 Å². The molecule has 1 saturated heterocycles. The highest BCUT2D eigenvalue weighted by atomic mass is 16.5. The summed E-state index contributed by atoms with van der Waals surface area (Å²) in [4.78, 5) is 0. The molecule has 0 amide bonds. The highest BCUT2D eigenvalue weighted by Gasteiger charge is 2.21. The second-order valence-electron chi connectivity index (χ2n) is 4.09. The first-order chi connectivity index (χ1) is 7.86. The van der Waals surface area contributed by atoms with Gasteiger partial charge in [-0.1, -0.05) is 18.2 Å². The minimum atomic E-state index is 0.117. The van der Waals surface area contributed by atoms with Gasteiger partial charge in [0.05, 0.1) is 17.8 Å². The zero-order valence-corrected chi connectivity index (χ0v) is 9.31. The topological polar surface area (TPSA) is 39.1 Å². The fourth-order valence-corrected chi connectivity index (χ4v) is 2.29. The number of nitrogens with zero attached hydrogens (tertiary/aromatic N) is 2. The van der Waals surface area contributed by atoms with Gasteiger partial charge >= 0.3 is 0 Å². The highest BCUT2D eigenvalue weighted by Crippen LogP contribution is 2.26. The van der Waals surface area contributed by atoms with Crippen molar-refractivity contribution in [1.82, 2.24) is 15.1 Å². The van der Waals surface area contributed by atoms with Crippen molar-refractivity contribution in [3.05, 3.63) is 30.0 Å². The molecule has 3 rings (SSSR count). The van der Waals surface area contributed by atoms with Crippen LogP contribution in [0.5, 0.6) is 0 Å². The fraction of sp³-hybridized carbons (Fsp3) is 0.417. The Morgan fingerprint density at radius 1 is 1.44 bits per heavy atom. The molecule has 0 radical (unpaired) electrons. The summed E-state index contributed by atoms with van der Waals surface area (Å²) in [7, 11) is 1.98. The lowest BCUT2D eigenvalue weighted by Gasteiger charge is -2.24. The maximum atomic E-state index is 5.79. The van der Waals surface area contributed by atoms with Crippen molar-refractivity contribution in [2.45, 2.75) is 6.10 Å². The van der Waals surface area contributed by atoms with Gasteiger partial charge in [0.1, 0.15) is 6.10 Å². The first kappa shape index (κ1) is 9.81. The largest absolute Gasteiger partial charge is 0.369 e. The van der Waals surface area contributed by atoms with Gasteiger partial charge in [0.2, 0.25) is 0 Å². The Balaban J connectivity index is 2.10. The van der Waals surface area contributed by atoms with Crippen LogP contribution >= 0.6 is 0 Å². The van der Waals surface area contributed by atoms with E-state index in [1.807, 2.05) is 29.9 Å². The van der Waals surface area contributed by atoms with Gasteiger partial charge in [-0.2, -0.15) is 5.10 Å². The smallest absolute Gasteiger partial charge is 0.112 e. The molecule has 84 valence electrons. The minimum Gasteiger partial charge on any atom is -0.369 e. The molecule has 0 bridgehead atoms. The van der Waals surface area contributed by atoms with Crippen LogP contribution in [0.25, 0.3) is 10.9 Å². The van der Waals surface area contributed by atoms with Gasteiger partial charge in [-0.3, -0.25) is 4.68 Å². The first-order valence-electron chi connectivity index (χ1n) is 5.60. The van der Waals surface area contributed by atoms with Crippen LogP contribution in [-0.2, 0) is 11.8 Å². The normalized spacial score (nSPS) is 21.4. The van der Waals surface area contributed by atoms with Crippen molar-refractivity contribution >= 4 is 10.9 Å². The standard InChI is InChI=1S/C12H15N3O/c1-15-12(11-8-13-6-7-16-11)9-4-2-3-5-10(9)14-15/h2-5,11,13H,6-8H2,1H3. The summed E-state index contributed by atoms with van der Waals surface area (Å²) in [6, 6.07) is 8.20. The molecular weight excluding hydrogens is 202 g/mol. The lowest BCUT2D eigenvalue weighted by Crippen LogP contribution is -2.34. The average molecular weight is 217 g/mol. The molecule has 1 aromatic heterocycles. The molecule has 1 aromatic carbocycles. The second-order valence-corrected chi connectivity index (χ2v) is 4.09. The summed E-state index contributed by atoms with van der Waals surface area (Å²) in [5, 5.41) is 9.04. The summed E-state index contributed by atoms with van der Waals surface area (Å²) >= 11 is 0. The molecule has 4 nitrogen and oxygen atoms in total. The molecular formula is C12H15N3O. The van der Waals surface area contributed by atoms with Crippen LogP contribution in [0.2, 0.25) is 0 Å². The molecule has 1 fully saturated rings. The molecule has 2 aromatic rings. The van der Waals surface area contributed by atoms with Gasteiger partial charge in [-0.05, 0) is 6.07 Å². The Morgan fingerprint density at radius 3 is 3.12 bits per heavy atom. The lowest BCUT2D eigenvalue weighted by atomic mass is 10.1. The Hall–Kier alpha value is -1.39. The van der Waals surface area contributed by atoms with Crippen LogP contribution in [0.3, 0.4) is 0 Å². The number of benzene rings is 1. The van der Waals surface area contributed by atoms with Gasteiger partial charge in [-0.25, -0.2) is 0 Å². The monoisotopic (exact) mass is 217 g/mol. The van der Waals surface area contributed by atoms with E-state index in [9.17, 15) is 0 Å². The number of fused-ring (bicyclic) bond motifs is 1. The number of ether oxygens (including phenoxy) is 1. The van der Waals surface area contributed by atoms with Gasteiger partial charge in [0, 0.05) is 25.5 Å². The molecule has 1 unspecified atom stereocenters. The average Bonchev–Trinajstić information content (AvgIpc) is 2.66. The van der Waals surface area contributed by atoms with Crippen LogP contribution in [0.1, 0.15) is 11.8 Å². The van der Waals surface area contributed by atoms with E-state index < -0.39 is 0 Å². The van der Waals surface area contributed by atoms with Crippen molar-refractivity contribution in [1.29, 1.82) is 0 Å². The van der Waals surface area contributed by atoms with Crippen molar-refractivity contribution in [3.63, 3.8) is 0 Å². The van der Waals surface area contributed by atoms with Crippen LogP contribution < -0.4 is 5.32 Å². The van der Waals surface area contributed by atoms with Crippen LogP contribution in [0.15, 0.2) is 24.3 Å². The Labute approximate surface area is 94.2 Å². The number of morpholine rings is 1. The highest BCUT2D eigenvalue weighted by molar-refractivity contribution is 5.81. The van der Waals surface area contributed by atoms with E-state index in [1.54, 1.807) is 0 Å². The zero-order chi connectivity index (χ0) is 11.0. The second kappa shape index (κ2) is 3.88. The van der Waals surface area contributed by atoms with E-state index in [0.717, 1.165) is 25.2 Å². The Bertz CT molecular complexity index is 500. The van der Waals surface area contributed by atoms with Gasteiger partial charge in [0.25, 0.3) is 0 Å². The number of aryl methyl sites for hydroxylation is 1. The first-order valence-corrected chi connectivity index (χ1v) is 5.60. The third-order valence-electron chi connectivity index (χ3n) is 3.02. The summed E-state index contributed by atoms with van der Waals surface area (Å²) < 4.78 is 7.72. The molecule has 0 saturated carbocycles. The quantitative estimate of drug-likeness (QED) is 0.781.